The molecule has 1 heterocycles. The highest BCUT2D eigenvalue weighted by atomic mass is 16.5. The minimum Gasteiger partial charge on any atom is -0.508 e. The zero-order valence-electron chi connectivity index (χ0n) is 13.5. The number of hydrogen-bond donors (Lipinski definition) is 3. The van der Waals surface area contributed by atoms with E-state index in [9.17, 15) is 10.2 Å². The van der Waals surface area contributed by atoms with Gasteiger partial charge in [-0.3, -0.25) is 0 Å². The number of phenolic OH excluding ortho intramolecular Hbond substituents is 1. The molecule has 0 radical (unpaired) electrons. The second-order valence-corrected chi connectivity index (χ2v) is 5.70. The van der Waals surface area contributed by atoms with Crippen LogP contribution in [0.3, 0.4) is 0 Å². The Morgan fingerprint density at radius 3 is 2.78 bits per heavy atom. The van der Waals surface area contributed by atoms with Crippen LogP contribution in [0.25, 0.3) is 6.08 Å². The van der Waals surface area contributed by atoms with Gasteiger partial charge in [0.2, 0.25) is 0 Å². The molecule has 4 nitrogen and oxygen atoms in total. The van der Waals surface area contributed by atoms with E-state index in [0.29, 0.717) is 12.2 Å². The van der Waals surface area contributed by atoms with Gasteiger partial charge in [0.25, 0.3) is 0 Å². The molecule has 1 unspecified atom stereocenters. The Labute approximate surface area is 137 Å². The van der Waals surface area contributed by atoms with E-state index in [0.717, 1.165) is 23.1 Å². The molecule has 1 aromatic carbocycles. The van der Waals surface area contributed by atoms with E-state index >= 15 is 0 Å². The summed E-state index contributed by atoms with van der Waals surface area (Å²) < 4.78 is 5.39. The highest BCUT2D eigenvalue weighted by molar-refractivity contribution is 5.59. The van der Waals surface area contributed by atoms with Gasteiger partial charge in [-0.2, -0.15) is 0 Å². The van der Waals surface area contributed by atoms with Crippen molar-refractivity contribution in [2.75, 3.05) is 7.11 Å². The van der Waals surface area contributed by atoms with Crippen LogP contribution >= 0.6 is 0 Å². The van der Waals surface area contributed by atoms with Gasteiger partial charge in [0.15, 0.2) is 5.72 Å². The molecule has 1 aliphatic rings. The van der Waals surface area contributed by atoms with Gasteiger partial charge >= 0.3 is 0 Å². The van der Waals surface area contributed by atoms with Crippen molar-refractivity contribution in [2.45, 2.75) is 25.5 Å². The van der Waals surface area contributed by atoms with Crippen LogP contribution < -0.4 is 10.1 Å². The zero-order valence-corrected chi connectivity index (χ0v) is 13.5. The Hall–Kier alpha value is -2.46. The molecular formula is C19H23NO3. The molecule has 0 aliphatic carbocycles. The highest BCUT2D eigenvalue weighted by Gasteiger charge is 2.18. The first-order valence-corrected chi connectivity index (χ1v) is 7.51. The molecule has 1 aliphatic heterocycles. The fraction of sp³-hybridized carbons (Fsp3) is 0.263. The van der Waals surface area contributed by atoms with E-state index in [-0.39, 0.29) is 5.75 Å². The minimum absolute atomic E-state index is 0.185. The molecule has 3 N–H and O–H groups in total. The van der Waals surface area contributed by atoms with E-state index < -0.39 is 5.72 Å². The molecule has 0 aromatic heterocycles. The van der Waals surface area contributed by atoms with Crippen LogP contribution in [0.5, 0.6) is 11.5 Å². The molecule has 1 atom stereocenters. The van der Waals surface area contributed by atoms with Crippen molar-refractivity contribution in [3.8, 4) is 11.5 Å². The smallest absolute Gasteiger partial charge is 0.174 e. The second-order valence-electron chi connectivity index (χ2n) is 5.70. The minimum atomic E-state index is -1.23. The number of methoxy groups -OCH3 is 1. The summed E-state index contributed by atoms with van der Waals surface area (Å²) in [6.07, 6.45) is 11.7. The summed E-state index contributed by atoms with van der Waals surface area (Å²) in [7, 11) is 1.58. The number of rotatable bonds is 6. The summed E-state index contributed by atoms with van der Waals surface area (Å²) in [6, 6.07) is 3.51. The number of dihydropyridines is 1. The number of ether oxygens (including phenoxy) is 1. The molecule has 23 heavy (non-hydrogen) atoms. The van der Waals surface area contributed by atoms with Crippen molar-refractivity contribution in [2.24, 2.45) is 0 Å². The summed E-state index contributed by atoms with van der Waals surface area (Å²) >= 11 is 0. The third-order valence-electron chi connectivity index (χ3n) is 3.63. The van der Waals surface area contributed by atoms with Gasteiger partial charge in [-0.25, -0.2) is 0 Å². The van der Waals surface area contributed by atoms with Gasteiger partial charge in [-0.1, -0.05) is 17.7 Å². The fourth-order valence-corrected chi connectivity index (χ4v) is 2.33. The number of benzene rings is 1. The predicted molar refractivity (Wildman–Crippen MR) is 93.2 cm³/mol. The summed E-state index contributed by atoms with van der Waals surface area (Å²) in [5.41, 5.74) is 1.35. The van der Waals surface area contributed by atoms with Crippen LogP contribution in [0.4, 0.5) is 0 Å². The Balaban J connectivity index is 2.23. The largest absolute Gasteiger partial charge is 0.508 e. The van der Waals surface area contributed by atoms with E-state index in [2.05, 4.69) is 11.9 Å². The molecule has 122 valence electrons. The Bertz CT molecular complexity index is 673. The summed E-state index contributed by atoms with van der Waals surface area (Å²) in [4.78, 5) is 0. The van der Waals surface area contributed by atoms with Crippen molar-refractivity contribution in [1.29, 1.82) is 0 Å². The standard InChI is InChI=1S/C19H23NO3/c1-14(2)6-7-16-17(21)12-15(13-18(16)23-3)8-10-19(22)9-4-5-11-20-19/h4-5,8-13,20-22H,1,6-7H2,2-3H3. The molecular weight excluding hydrogens is 290 g/mol. The Kier molecular flexibility index (Phi) is 5.29. The monoisotopic (exact) mass is 313 g/mol. The van der Waals surface area contributed by atoms with E-state index in [1.54, 1.807) is 49.8 Å². The molecule has 0 fully saturated rings. The zero-order chi connectivity index (χ0) is 16.9. The number of phenols is 1. The lowest BCUT2D eigenvalue weighted by Gasteiger charge is -2.23. The second kappa shape index (κ2) is 7.20. The molecule has 2 rings (SSSR count). The maximum absolute atomic E-state index is 10.3. The van der Waals surface area contributed by atoms with Gasteiger partial charge in [-0.15, -0.1) is 6.58 Å². The van der Waals surface area contributed by atoms with Crippen molar-refractivity contribution >= 4 is 6.08 Å². The van der Waals surface area contributed by atoms with Crippen LogP contribution in [0.1, 0.15) is 24.5 Å². The molecule has 0 saturated carbocycles. The van der Waals surface area contributed by atoms with Crippen LogP contribution in [-0.2, 0) is 6.42 Å². The van der Waals surface area contributed by atoms with Gasteiger partial charge in [0.05, 0.1) is 7.11 Å². The summed E-state index contributed by atoms with van der Waals surface area (Å²) in [6.45, 7) is 5.84. The summed E-state index contributed by atoms with van der Waals surface area (Å²) in [5.74, 6) is 0.814. The number of nitrogens with one attached hydrogen (secondary N) is 1. The van der Waals surface area contributed by atoms with E-state index in [4.69, 9.17) is 4.74 Å². The van der Waals surface area contributed by atoms with Crippen LogP contribution in [0, 0.1) is 0 Å². The normalized spacial score (nSPS) is 19.8. The van der Waals surface area contributed by atoms with Crippen molar-refractivity contribution in [3.05, 3.63) is 65.9 Å². The first kappa shape index (κ1) is 16.9. The van der Waals surface area contributed by atoms with Crippen LogP contribution in [-0.4, -0.2) is 23.0 Å². The first-order chi connectivity index (χ1) is 10.9. The molecule has 0 spiro atoms. The van der Waals surface area contributed by atoms with E-state index in [1.165, 1.54) is 0 Å². The molecule has 0 saturated heterocycles. The quantitative estimate of drug-likeness (QED) is 0.705. The number of allylic oxidation sites excluding steroid dienone is 3. The number of aliphatic hydroxyl groups is 1. The van der Waals surface area contributed by atoms with Crippen molar-refractivity contribution < 1.29 is 14.9 Å². The third kappa shape index (κ3) is 4.50. The van der Waals surface area contributed by atoms with E-state index in [1.807, 2.05) is 13.0 Å². The maximum atomic E-state index is 10.3. The lowest BCUT2D eigenvalue weighted by atomic mass is 10.0. The molecule has 4 heteroatoms. The maximum Gasteiger partial charge on any atom is 0.174 e. The predicted octanol–water partition coefficient (Wildman–Crippen LogP) is 3.28. The topological polar surface area (TPSA) is 61.7 Å². The number of hydrogen-bond acceptors (Lipinski definition) is 4. The molecule has 0 bridgehead atoms. The van der Waals surface area contributed by atoms with Crippen molar-refractivity contribution in [3.63, 3.8) is 0 Å². The fourth-order valence-electron chi connectivity index (χ4n) is 2.33. The average molecular weight is 313 g/mol. The SMILES string of the molecule is C=C(C)CCc1c(O)cc(C=CC2(O)C=CC=CN2)cc1OC. The molecule has 0 amide bonds. The lowest BCUT2D eigenvalue weighted by molar-refractivity contribution is 0.120. The summed E-state index contributed by atoms with van der Waals surface area (Å²) in [5, 5.41) is 23.4. The number of aromatic hydroxyl groups is 1. The highest BCUT2D eigenvalue weighted by Crippen LogP contribution is 2.32. The Morgan fingerprint density at radius 1 is 1.39 bits per heavy atom. The van der Waals surface area contributed by atoms with Gasteiger partial charge in [-0.05, 0) is 61.9 Å². The first-order valence-electron chi connectivity index (χ1n) is 7.51. The Morgan fingerprint density at radius 2 is 2.17 bits per heavy atom. The van der Waals surface area contributed by atoms with Gasteiger partial charge < -0.3 is 20.3 Å². The lowest BCUT2D eigenvalue weighted by Crippen LogP contribution is -2.38. The van der Waals surface area contributed by atoms with Crippen LogP contribution in [0.2, 0.25) is 0 Å². The average Bonchev–Trinajstić information content (AvgIpc) is 2.52. The molecule has 1 aromatic rings. The van der Waals surface area contributed by atoms with Crippen LogP contribution in [0.15, 0.2) is 54.8 Å². The van der Waals surface area contributed by atoms with Gasteiger partial charge in [0.1, 0.15) is 11.5 Å². The third-order valence-corrected chi connectivity index (χ3v) is 3.63. The van der Waals surface area contributed by atoms with Crippen molar-refractivity contribution in [1.82, 2.24) is 5.32 Å². The van der Waals surface area contributed by atoms with Gasteiger partial charge in [0, 0.05) is 5.56 Å².